The molecule has 1 aromatic carbocycles. The molecule has 0 fully saturated rings. The highest BCUT2D eigenvalue weighted by Gasteiger charge is 2.23. The lowest BCUT2D eigenvalue weighted by atomic mass is 9.89. The van der Waals surface area contributed by atoms with E-state index in [4.69, 9.17) is 4.98 Å². The highest BCUT2D eigenvalue weighted by molar-refractivity contribution is 7.18. The number of rotatable bonds is 3. The van der Waals surface area contributed by atoms with E-state index in [1.807, 2.05) is 30.5 Å². The van der Waals surface area contributed by atoms with Gasteiger partial charge in [0.1, 0.15) is 4.83 Å². The maximum Gasteiger partial charge on any atom is 0.260 e. The normalized spacial score (nSPS) is 16.2. The summed E-state index contributed by atoms with van der Waals surface area (Å²) in [6.07, 6.45) is 7.33. The zero-order chi connectivity index (χ0) is 19.1. The van der Waals surface area contributed by atoms with Crippen LogP contribution in [0.5, 0.6) is 0 Å². The second-order valence-electron chi connectivity index (χ2n) is 7.68. The number of fused-ring (bicyclic) bond motifs is 3. The van der Waals surface area contributed by atoms with Crippen molar-refractivity contribution in [2.45, 2.75) is 32.7 Å². The van der Waals surface area contributed by atoms with Gasteiger partial charge in [-0.3, -0.25) is 4.79 Å². The Labute approximate surface area is 167 Å². The first-order valence-electron chi connectivity index (χ1n) is 9.75. The molecule has 0 unspecified atom stereocenters. The smallest absolute Gasteiger partial charge is 0.260 e. The van der Waals surface area contributed by atoms with Crippen LogP contribution in [0, 0.1) is 5.92 Å². The summed E-state index contributed by atoms with van der Waals surface area (Å²) >= 11 is 1.70. The molecule has 3 aromatic heterocycles. The molecule has 0 spiro atoms. The Morgan fingerprint density at radius 3 is 2.86 bits per heavy atom. The first-order valence-corrected chi connectivity index (χ1v) is 10.6. The molecule has 3 heterocycles. The summed E-state index contributed by atoms with van der Waals surface area (Å²) < 4.78 is 2.07. The molecule has 5 heteroatoms. The Balaban J connectivity index is 1.50. The summed E-state index contributed by atoms with van der Waals surface area (Å²) in [5.41, 5.74) is 3.56. The van der Waals surface area contributed by atoms with Crippen LogP contribution in [0.25, 0.3) is 21.3 Å². The van der Waals surface area contributed by atoms with Crippen LogP contribution in [-0.2, 0) is 19.4 Å². The molecule has 4 aromatic rings. The standard InChI is InChI=1S/C23H21N3OS/c1-15-9-10-18-19(12-15)28-23-21(18)22(27)24-20(25-23)14-26-11-5-8-17(13-26)16-6-3-2-4-7-16/h2-8,11,13,15H,9-10,12,14H2,1H3/p+1/t15-/m0/s1. The molecule has 0 bridgehead atoms. The van der Waals surface area contributed by atoms with Gasteiger partial charge < -0.3 is 4.98 Å². The van der Waals surface area contributed by atoms with Gasteiger partial charge in [0.15, 0.2) is 18.2 Å². The molecular formula is C23H22N3OS+. The summed E-state index contributed by atoms with van der Waals surface area (Å²) in [5.74, 6) is 1.40. The van der Waals surface area contributed by atoms with Crippen LogP contribution in [-0.4, -0.2) is 9.97 Å². The topological polar surface area (TPSA) is 49.6 Å². The minimum Gasteiger partial charge on any atom is -0.305 e. The molecule has 0 radical (unpaired) electrons. The van der Waals surface area contributed by atoms with Crippen molar-refractivity contribution in [1.82, 2.24) is 9.97 Å². The number of nitrogens with one attached hydrogen (secondary N) is 1. The van der Waals surface area contributed by atoms with E-state index in [0.717, 1.165) is 35.0 Å². The number of aromatic amines is 1. The van der Waals surface area contributed by atoms with E-state index >= 15 is 0 Å². The Morgan fingerprint density at radius 2 is 2.00 bits per heavy atom. The van der Waals surface area contributed by atoms with Gasteiger partial charge >= 0.3 is 0 Å². The number of aromatic nitrogens is 3. The number of hydrogen-bond donors (Lipinski definition) is 1. The molecule has 4 nitrogen and oxygen atoms in total. The number of aryl methyl sites for hydroxylation is 1. The summed E-state index contributed by atoms with van der Waals surface area (Å²) in [6, 6.07) is 14.4. The fourth-order valence-corrected chi connectivity index (χ4v) is 5.47. The van der Waals surface area contributed by atoms with Gasteiger partial charge in [0.25, 0.3) is 5.56 Å². The lowest BCUT2D eigenvalue weighted by Gasteiger charge is -2.17. The Bertz CT molecular complexity index is 1210. The molecule has 0 amide bonds. The largest absolute Gasteiger partial charge is 0.305 e. The molecule has 0 aliphatic heterocycles. The van der Waals surface area contributed by atoms with Crippen molar-refractivity contribution in [2.24, 2.45) is 5.92 Å². The fourth-order valence-electron chi connectivity index (χ4n) is 4.06. The van der Waals surface area contributed by atoms with Crippen molar-refractivity contribution in [3.63, 3.8) is 0 Å². The number of pyridine rings is 1. The number of hydrogen-bond acceptors (Lipinski definition) is 3. The molecule has 0 saturated heterocycles. The van der Waals surface area contributed by atoms with Crippen molar-refractivity contribution >= 4 is 21.6 Å². The Kier molecular flexibility index (Phi) is 4.32. The van der Waals surface area contributed by atoms with Crippen LogP contribution < -0.4 is 10.1 Å². The van der Waals surface area contributed by atoms with Crippen molar-refractivity contribution in [1.29, 1.82) is 0 Å². The van der Waals surface area contributed by atoms with E-state index in [-0.39, 0.29) is 5.56 Å². The molecular weight excluding hydrogens is 366 g/mol. The van der Waals surface area contributed by atoms with Gasteiger partial charge in [-0.25, -0.2) is 4.98 Å². The third-order valence-corrected chi connectivity index (χ3v) is 6.66. The minimum absolute atomic E-state index is 0.00636. The fraction of sp³-hybridized carbons (Fsp3) is 0.261. The highest BCUT2D eigenvalue weighted by Crippen LogP contribution is 2.35. The highest BCUT2D eigenvalue weighted by atomic mass is 32.1. The number of H-pyrrole nitrogens is 1. The molecule has 5 rings (SSSR count). The van der Waals surface area contributed by atoms with E-state index in [1.54, 1.807) is 11.3 Å². The van der Waals surface area contributed by atoms with Crippen molar-refractivity contribution < 1.29 is 4.57 Å². The molecule has 1 aliphatic carbocycles. The number of nitrogens with zero attached hydrogens (tertiary/aromatic N) is 2. The first-order chi connectivity index (χ1) is 13.7. The Morgan fingerprint density at radius 1 is 1.18 bits per heavy atom. The van der Waals surface area contributed by atoms with Gasteiger partial charge in [0, 0.05) is 16.5 Å². The van der Waals surface area contributed by atoms with Crippen LogP contribution in [0.2, 0.25) is 0 Å². The van der Waals surface area contributed by atoms with Crippen LogP contribution in [0.4, 0.5) is 0 Å². The third-order valence-electron chi connectivity index (χ3n) is 5.51. The Hall–Kier alpha value is -2.79. The van der Waals surface area contributed by atoms with Crippen LogP contribution >= 0.6 is 11.3 Å². The van der Waals surface area contributed by atoms with E-state index < -0.39 is 0 Å². The van der Waals surface area contributed by atoms with Crippen LogP contribution in [0.15, 0.2) is 59.7 Å². The monoisotopic (exact) mass is 388 g/mol. The second kappa shape index (κ2) is 6.99. The van der Waals surface area contributed by atoms with Crippen LogP contribution in [0.1, 0.15) is 29.6 Å². The zero-order valence-electron chi connectivity index (χ0n) is 15.8. The van der Waals surface area contributed by atoms with Crippen molar-refractivity contribution in [2.75, 3.05) is 0 Å². The molecule has 140 valence electrons. The minimum atomic E-state index is 0.00636. The summed E-state index contributed by atoms with van der Waals surface area (Å²) in [7, 11) is 0. The van der Waals surface area contributed by atoms with Crippen molar-refractivity contribution in [3.8, 4) is 11.1 Å². The predicted molar refractivity (Wildman–Crippen MR) is 113 cm³/mol. The summed E-state index contributed by atoms with van der Waals surface area (Å²) in [6.45, 7) is 2.83. The third kappa shape index (κ3) is 3.16. The summed E-state index contributed by atoms with van der Waals surface area (Å²) in [5, 5.41) is 0.818. The lowest BCUT2D eigenvalue weighted by molar-refractivity contribution is -0.688. The molecule has 1 atom stereocenters. The van der Waals surface area contributed by atoms with Gasteiger partial charge in [0.2, 0.25) is 6.54 Å². The van der Waals surface area contributed by atoms with E-state index in [2.05, 4.69) is 40.9 Å². The second-order valence-corrected chi connectivity index (χ2v) is 8.76. The van der Waals surface area contributed by atoms with Gasteiger partial charge in [-0.1, -0.05) is 37.3 Å². The van der Waals surface area contributed by atoms with E-state index in [9.17, 15) is 4.79 Å². The van der Waals surface area contributed by atoms with Gasteiger partial charge in [0.05, 0.1) is 5.39 Å². The van der Waals surface area contributed by atoms with Gasteiger partial charge in [-0.2, -0.15) is 4.57 Å². The average Bonchev–Trinajstić information content (AvgIpc) is 3.06. The van der Waals surface area contributed by atoms with E-state index in [0.29, 0.717) is 18.3 Å². The molecule has 1 aliphatic rings. The quantitative estimate of drug-likeness (QED) is 0.537. The van der Waals surface area contributed by atoms with E-state index in [1.165, 1.54) is 16.0 Å². The predicted octanol–water partition coefficient (Wildman–Crippen LogP) is 4.11. The summed E-state index contributed by atoms with van der Waals surface area (Å²) in [4.78, 5) is 22.9. The maximum atomic E-state index is 12.8. The SMILES string of the molecule is C[C@H]1CCc2c(sc3nc(C[n+]4cccc(-c5ccccc5)c4)[nH]c(=O)c23)C1. The lowest BCUT2D eigenvalue weighted by Crippen LogP contribution is -2.35. The van der Waals surface area contributed by atoms with Crippen LogP contribution in [0.3, 0.4) is 0 Å². The van der Waals surface area contributed by atoms with Crippen molar-refractivity contribution in [3.05, 3.63) is 81.5 Å². The zero-order valence-corrected chi connectivity index (χ0v) is 16.6. The van der Waals surface area contributed by atoms with Gasteiger partial charge in [-0.15, -0.1) is 11.3 Å². The first kappa shape index (κ1) is 17.3. The number of thiophene rings is 1. The van der Waals surface area contributed by atoms with Gasteiger partial charge in [-0.05, 0) is 42.4 Å². The molecule has 28 heavy (non-hydrogen) atoms. The average molecular weight is 389 g/mol. The molecule has 1 N–H and O–H groups in total. The molecule has 0 saturated carbocycles. The maximum absolute atomic E-state index is 12.8. The number of benzene rings is 1.